The third-order valence-corrected chi connectivity index (χ3v) is 5.81. The van der Waals surface area contributed by atoms with Gasteiger partial charge in [-0.15, -0.1) is 10.2 Å². The van der Waals surface area contributed by atoms with E-state index >= 15 is 0 Å². The van der Waals surface area contributed by atoms with E-state index in [2.05, 4.69) is 32.4 Å². The number of likely N-dealkylation sites (N-methyl/N-ethyl adjacent to an activating group) is 1. The number of carbonyl (C=O) groups is 1. The molecule has 0 bridgehead atoms. The lowest BCUT2D eigenvalue weighted by Gasteiger charge is -2.32. The maximum atomic E-state index is 13.3. The number of amides is 1. The molecular formula is C23H22Cl2FN5O2. The lowest BCUT2D eigenvalue weighted by Crippen LogP contribution is -2.44. The van der Waals surface area contributed by atoms with E-state index in [1.165, 1.54) is 0 Å². The minimum absolute atomic E-state index is 0.00287. The van der Waals surface area contributed by atoms with Crippen LogP contribution >= 0.6 is 23.2 Å². The van der Waals surface area contributed by atoms with Crippen LogP contribution < -0.4 is 15.0 Å². The number of piperazine rings is 1. The Morgan fingerprint density at radius 3 is 2.30 bits per heavy atom. The van der Waals surface area contributed by atoms with Crippen molar-refractivity contribution in [3.05, 3.63) is 64.4 Å². The van der Waals surface area contributed by atoms with Crippen LogP contribution in [0.2, 0.25) is 10.0 Å². The lowest BCUT2D eigenvalue weighted by atomic mass is 10.1. The molecule has 0 radical (unpaired) electrons. The van der Waals surface area contributed by atoms with Crippen molar-refractivity contribution in [2.24, 2.45) is 0 Å². The topological polar surface area (TPSA) is 70.6 Å². The van der Waals surface area contributed by atoms with Crippen molar-refractivity contribution >= 4 is 40.6 Å². The van der Waals surface area contributed by atoms with E-state index in [1.807, 2.05) is 24.3 Å². The Morgan fingerprint density at radius 2 is 1.70 bits per heavy atom. The smallest absolute Gasteiger partial charge is 0.262 e. The normalized spacial score (nSPS) is 14.2. The number of carbonyl (C=O) groups excluding carboxylic acids is 1. The highest BCUT2D eigenvalue weighted by molar-refractivity contribution is 6.37. The van der Waals surface area contributed by atoms with Crippen LogP contribution in [0.4, 0.5) is 15.9 Å². The van der Waals surface area contributed by atoms with Crippen molar-refractivity contribution in [1.29, 1.82) is 0 Å². The summed E-state index contributed by atoms with van der Waals surface area (Å²) in [6.07, 6.45) is 0. The van der Waals surface area contributed by atoms with Crippen molar-refractivity contribution in [2.75, 3.05) is 50.1 Å². The zero-order valence-corrected chi connectivity index (χ0v) is 19.4. The Bertz CT molecular complexity index is 1100. The number of benzene rings is 2. The molecular weight excluding hydrogens is 468 g/mol. The molecule has 1 aliphatic rings. The molecule has 0 unspecified atom stereocenters. The third kappa shape index (κ3) is 5.90. The SMILES string of the molecule is CN1CCN(c2ccc(-c3ccc(NC(=O)COc4c(Cl)cc(F)cc4Cl)cc3)nn2)CC1. The van der Waals surface area contributed by atoms with Crippen LogP contribution in [0.3, 0.4) is 0 Å². The second-order valence-electron chi connectivity index (χ2n) is 7.68. The van der Waals surface area contributed by atoms with Crippen LogP contribution in [-0.2, 0) is 4.79 Å². The van der Waals surface area contributed by atoms with Gasteiger partial charge in [-0.25, -0.2) is 4.39 Å². The largest absolute Gasteiger partial charge is 0.481 e. The quantitative estimate of drug-likeness (QED) is 0.554. The first-order valence-corrected chi connectivity index (χ1v) is 11.1. The van der Waals surface area contributed by atoms with Gasteiger partial charge in [0.05, 0.1) is 15.7 Å². The average molecular weight is 490 g/mol. The molecule has 1 saturated heterocycles. The fourth-order valence-corrected chi connectivity index (χ4v) is 3.98. The van der Waals surface area contributed by atoms with Gasteiger partial charge in [-0.05, 0) is 43.4 Å². The van der Waals surface area contributed by atoms with E-state index in [9.17, 15) is 9.18 Å². The molecule has 3 aromatic rings. The highest BCUT2D eigenvalue weighted by Crippen LogP contribution is 2.33. The van der Waals surface area contributed by atoms with Crippen molar-refractivity contribution < 1.29 is 13.9 Å². The number of halogens is 3. The van der Waals surface area contributed by atoms with E-state index < -0.39 is 11.7 Å². The summed E-state index contributed by atoms with van der Waals surface area (Å²) in [4.78, 5) is 16.7. The summed E-state index contributed by atoms with van der Waals surface area (Å²) in [5.74, 6) is -0.0583. The van der Waals surface area contributed by atoms with Gasteiger partial charge in [0.2, 0.25) is 0 Å². The van der Waals surface area contributed by atoms with Crippen molar-refractivity contribution in [3.8, 4) is 17.0 Å². The molecule has 1 aromatic heterocycles. The highest BCUT2D eigenvalue weighted by atomic mass is 35.5. The molecule has 0 spiro atoms. The first-order chi connectivity index (χ1) is 15.9. The highest BCUT2D eigenvalue weighted by Gasteiger charge is 2.16. The summed E-state index contributed by atoms with van der Waals surface area (Å²) in [5, 5.41) is 11.4. The van der Waals surface area contributed by atoms with E-state index in [0.717, 1.165) is 55.4 Å². The van der Waals surface area contributed by atoms with Gasteiger partial charge in [-0.2, -0.15) is 0 Å². The minimum atomic E-state index is -0.583. The van der Waals surface area contributed by atoms with E-state index in [1.54, 1.807) is 12.1 Å². The Labute approximate surface area is 201 Å². The number of hydrogen-bond donors (Lipinski definition) is 1. The van der Waals surface area contributed by atoms with Crippen LogP contribution in [0.5, 0.6) is 5.75 Å². The molecule has 1 fully saturated rings. The predicted molar refractivity (Wildman–Crippen MR) is 128 cm³/mol. The van der Waals surface area contributed by atoms with Gasteiger partial charge >= 0.3 is 0 Å². The molecule has 4 rings (SSSR count). The van der Waals surface area contributed by atoms with E-state index in [0.29, 0.717) is 5.69 Å². The van der Waals surface area contributed by atoms with Crippen LogP contribution in [0.1, 0.15) is 0 Å². The number of nitrogens with zero attached hydrogens (tertiary/aromatic N) is 4. The Balaban J connectivity index is 1.33. The Kier molecular flexibility index (Phi) is 7.27. The molecule has 0 saturated carbocycles. The second-order valence-corrected chi connectivity index (χ2v) is 8.49. The summed E-state index contributed by atoms with van der Waals surface area (Å²) in [6.45, 7) is 3.55. The molecule has 2 heterocycles. The Morgan fingerprint density at radius 1 is 1.03 bits per heavy atom. The van der Waals surface area contributed by atoms with Crippen LogP contribution in [0.25, 0.3) is 11.3 Å². The predicted octanol–water partition coefficient (Wildman–Crippen LogP) is 4.36. The molecule has 1 aliphatic heterocycles. The lowest BCUT2D eigenvalue weighted by molar-refractivity contribution is -0.118. The molecule has 10 heteroatoms. The minimum Gasteiger partial charge on any atom is -0.481 e. The van der Waals surface area contributed by atoms with E-state index in [-0.39, 0.29) is 22.4 Å². The fraction of sp³-hybridized carbons (Fsp3) is 0.261. The molecule has 0 atom stereocenters. The molecule has 0 aliphatic carbocycles. The zero-order chi connectivity index (χ0) is 23.4. The number of ether oxygens (including phenoxy) is 1. The van der Waals surface area contributed by atoms with Gasteiger partial charge < -0.3 is 19.9 Å². The summed E-state index contributed by atoms with van der Waals surface area (Å²) in [7, 11) is 2.11. The van der Waals surface area contributed by atoms with Gasteiger partial charge in [-0.3, -0.25) is 4.79 Å². The maximum Gasteiger partial charge on any atom is 0.262 e. The van der Waals surface area contributed by atoms with Crippen molar-refractivity contribution in [3.63, 3.8) is 0 Å². The van der Waals surface area contributed by atoms with Crippen LogP contribution in [0, 0.1) is 5.82 Å². The third-order valence-electron chi connectivity index (χ3n) is 5.25. The Hall–Kier alpha value is -2.94. The number of aromatic nitrogens is 2. The summed E-state index contributed by atoms with van der Waals surface area (Å²) < 4.78 is 18.6. The maximum absolute atomic E-state index is 13.3. The number of rotatable bonds is 6. The number of hydrogen-bond acceptors (Lipinski definition) is 6. The van der Waals surface area contributed by atoms with Crippen molar-refractivity contribution in [1.82, 2.24) is 15.1 Å². The summed E-state index contributed by atoms with van der Waals surface area (Å²) in [6, 6.07) is 13.3. The number of nitrogens with one attached hydrogen (secondary N) is 1. The average Bonchev–Trinajstić information content (AvgIpc) is 2.79. The van der Waals surface area contributed by atoms with Gasteiger partial charge in [0, 0.05) is 37.4 Å². The standard InChI is InChI=1S/C23H22Cl2FN5O2/c1-30-8-10-31(11-9-30)21-7-6-20(28-29-21)15-2-4-17(5-3-15)27-22(32)14-33-23-18(24)12-16(26)13-19(23)25/h2-7,12-13H,8-11,14H2,1H3,(H,27,32). The molecule has 33 heavy (non-hydrogen) atoms. The van der Waals surface area contributed by atoms with Gasteiger partial charge in [0.1, 0.15) is 5.82 Å². The van der Waals surface area contributed by atoms with Crippen LogP contribution in [-0.4, -0.2) is 60.8 Å². The molecule has 2 aromatic carbocycles. The van der Waals surface area contributed by atoms with E-state index in [4.69, 9.17) is 27.9 Å². The van der Waals surface area contributed by atoms with Gasteiger partial charge in [0.25, 0.3) is 5.91 Å². The first kappa shape index (κ1) is 23.2. The fourth-order valence-electron chi connectivity index (χ4n) is 3.41. The zero-order valence-electron chi connectivity index (χ0n) is 17.9. The number of anilines is 2. The molecule has 1 N–H and O–H groups in total. The van der Waals surface area contributed by atoms with Crippen molar-refractivity contribution in [2.45, 2.75) is 0 Å². The molecule has 7 nitrogen and oxygen atoms in total. The molecule has 172 valence electrons. The molecule has 1 amide bonds. The van der Waals surface area contributed by atoms with Gasteiger partial charge in [0.15, 0.2) is 18.2 Å². The first-order valence-electron chi connectivity index (χ1n) is 10.3. The monoisotopic (exact) mass is 489 g/mol. The summed E-state index contributed by atoms with van der Waals surface area (Å²) in [5.41, 5.74) is 2.21. The van der Waals surface area contributed by atoms with Gasteiger partial charge in [-0.1, -0.05) is 35.3 Å². The second kappa shape index (κ2) is 10.3. The summed E-state index contributed by atoms with van der Waals surface area (Å²) >= 11 is 11.8. The van der Waals surface area contributed by atoms with Crippen LogP contribution in [0.15, 0.2) is 48.5 Å².